The van der Waals surface area contributed by atoms with E-state index < -0.39 is 390 Å². The third-order valence-corrected chi connectivity index (χ3v) is 22.9. The number of ether oxygens (including phenoxy) is 9. The van der Waals surface area contributed by atoms with Gasteiger partial charge in [-0.25, -0.2) is 0 Å². The maximum Gasteiger partial charge on any atom is 0.325 e. The molecule has 0 radical (unpaired) electrons. The predicted molar refractivity (Wildman–Crippen MR) is 481 cm³/mol. The fourth-order valence-electron chi connectivity index (χ4n) is 14.9. The molecule has 4 rings (SSSR count). The predicted octanol–water partition coefficient (Wildman–Crippen LogP) is -16.6. The first-order chi connectivity index (χ1) is 67.4. The molecule has 61 heteroatoms. The molecule has 4 heterocycles. The number of amides is 18. The fourth-order valence-corrected chi connectivity index (χ4v) is 14.9. The van der Waals surface area contributed by atoms with E-state index in [9.17, 15) is 152 Å². The highest BCUT2D eigenvalue weighted by Crippen LogP contribution is 2.37. The number of aliphatic hydroxyl groups excluding tert-OH is 8. The lowest BCUT2D eigenvalue weighted by Crippen LogP contribution is -2.72. The summed E-state index contributed by atoms with van der Waals surface area (Å²) in [5, 5.41) is 154. The number of unbranched alkanes of at least 4 members (excludes halogenated alkanes) is 2. The van der Waals surface area contributed by atoms with Gasteiger partial charge in [-0.15, -0.1) is 0 Å². The summed E-state index contributed by atoms with van der Waals surface area (Å²) >= 11 is 0. The van der Waals surface area contributed by atoms with Crippen LogP contribution in [0.15, 0.2) is 0 Å². The second-order valence-electron chi connectivity index (χ2n) is 34.7. The number of nitrogens with one attached hydrogen (secondary N) is 15. The number of nitrogens with two attached hydrogens (primary N) is 5. The van der Waals surface area contributed by atoms with Crippen LogP contribution in [0.3, 0.4) is 0 Å². The number of aliphatic carboxylic acids is 3. The molecule has 61 nitrogen and oxygen atoms in total. The van der Waals surface area contributed by atoms with E-state index in [1.54, 1.807) is 0 Å². The van der Waals surface area contributed by atoms with Crippen molar-refractivity contribution in [3.8, 4) is 0 Å². The van der Waals surface area contributed by atoms with Crippen molar-refractivity contribution in [2.24, 2.45) is 28.7 Å². The Balaban J connectivity index is 1.67. The third kappa shape index (κ3) is 39.6. The van der Waals surface area contributed by atoms with Crippen molar-refractivity contribution in [3.63, 3.8) is 0 Å². The highest BCUT2D eigenvalue weighted by molar-refractivity contribution is 5.96. The van der Waals surface area contributed by atoms with Crippen molar-refractivity contribution >= 4 is 124 Å². The number of carboxylic acid groups (broad SMARTS) is 3. The van der Waals surface area contributed by atoms with Crippen LogP contribution < -0.4 is 108 Å². The Kier molecular flexibility index (Phi) is 52.0. The Morgan fingerprint density at radius 1 is 0.319 bits per heavy atom. The molecule has 816 valence electrons. The van der Waals surface area contributed by atoms with Crippen LogP contribution in [-0.2, 0) is 143 Å². The van der Waals surface area contributed by atoms with Gasteiger partial charge in [-0.2, -0.15) is 0 Å². The van der Waals surface area contributed by atoms with E-state index in [2.05, 4.69) is 79.8 Å². The van der Waals surface area contributed by atoms with E-state index in [-0.39, 0.29) is 51.6 Å². The monoisotopic (exact) mass is 2070 g/mol. The van der Waals surface area contributed by atoms with Crippen molar-refractivity contribution in [3.05, 3.63) is 0 Å². The average molecular weight is 2070 g/mol. The second kappa shape index (κ2) is 60.1. The Bertz CT molecular complexity index is 4420. The minimum atomic E-state index is -2.30. The van der Waals surface area contributed by atoms with Gasteiger partial charge in [-0.3, -0.25) is 101 Å². The topological polar surface area (TPSA) is 975 Å². The number of hydrogen-bond acceptors (Lipinski definition) is 40. The normalized spacial score (nSPS) is 26.7. The van der Waals surface area contributed by atoms with Gasteiger partial charge in [0.2, 0.25) is 106 Å². The molecule has 0 aromatic heterocycles. The lowest BCUT2D eigenvalue weighted by Gasteiger charge is -2.52. The standard InChI is InChI=1S/C83H138N20O41/c1-30(70(122)94-33(4)77(129)130)93-75(127)45(16-12-14-22-89-53(114)24-41(84)67(86)119)100-51(112)20-18-43(68(87)120)103-72(124)32(3)92-74(126)36(7)137-66-58(99-40(11)111)83(141-50(29-107)64(66)144-81-55(96-37(8)108)60(117)59(116)47(26-104)139-81)142-62-48(27-105)140-82(56(61(62)118)97-38(9)109)143-63-49(28-106)138-80(135)57(98-39(10)110)65(63)136-35(6)73(125)91-31(2)71(123)102-44(69(88)121)19-21-52(113)101-46(76(128)95-34(5)78(131)132)17-13-15-23-90-54(115)25-42(85)79(133)134/h30-36,41-50,55-66,80-83,104-107,116-118,135H,12-29,84-85H2,1-11H3,(H2,86,119)(H2,87,120)(H2,88,121)(H,89,114)(H,90,115)(H,91,125)(H,92,126)(H,93,127)(H,94,122)(H,95,128)(H,96,108)(H,97,109)(H,98,110)(H,99,111)(H,100,112)(H,101,113)(H,102,123)(H,103,124)(H,129,130)(H,131,132)(H,133,134). The van der Waals surface area contributed by atoms with E-state index in [1.165, 1.54) is 6.92 Å². The molecule has 4 aliphatic rings. The van der Waals surface area contributed by atoms with Gasteiger partial charge in [0.15, 0.2) is 25.2 Å². The number of primary amides is 3. The molecular weight excluding hydrogens is 1930 g/mol. The van der Waals surface area contributed by atoms with Crippen molar-refractivity contribution in [2.75, 3.05) is 39.5 Å². The first kappa shape index (κ1) is 124. The summed E-state index contributed by atoms with van der Waals surface area (Å²) in [6, 6.07) is -24.2. The van der Waals surface area contributed by atoms with Gasteiger partial charge in [0.05, 0.1) is 45.3 Å². The average Bonchev–Trinajstić information content (AvgIpc) is 0.761. The van der Waals surface area contributed by atoms with Crippen LogP contribution in [0.2, 0.25) is 0 Å². The van der Waals surface area contributed by atoms with Crippen molar-refractivity contribution < 1.29 is 199 Å². The number of carboxylic acids is 3. The molecule has 0 saturated carbocycles. The minimum Gasteiger partial charge on any atom is -0.480 e. The van der Waals surface area contributed by atoms with Crippen LogP contribution in [0.25, 0.3) is 0 Å². The Morgan fingerprint density at radius 3 is 1.03 bits per heavy atom. The van der Waals surface area contributed by atoms with Gasteiger partial charge < -0.3 is 207 Å². The maximum atomic E-state index is 14.6. The zero-order valence-corrected chi connectivity index (χ0v) is 80.8. The second-order valence-corrected chi connectivity index (χ2v) is 34.7. The molecule has 0 aliphatic carbocycles. The number of aliphatic hydroxyl groups is 8. The van der Waals surface area contributed by atoms with Gasteiger partial charge in [0.25, 0.3) is 0 Å². The molecule has 0 spiro atoms. The Labute approximate surface area is 823 Å². The lowest BCUT2D eigenvalue weighted by molar-refractivity contribution is -0.365. The molecule has 4 fully saturated rings. The maximum absolute atomic E-state index is 14.6. The molecule has 0 aromatic carbocycles. The molecule has 33 atom stereocenters. The number of rotatable bonds is 60. The Morgan fingerprint density at radius 2 is 0.646 bits per heavy atom. The molecule has 4 aliphatic heterocycles. The zero-order valence-electron chi connectivity index (χ0n) is 80.8. The summed E-state index contributed by atoms with van der Waals surface area (Å²) in [6.07, 6.45) is -39.4. The molecule has 36 N–H and O–H groups in total. The summed E-state index contributed by atoms with van der Waals surface area (Å²) in [4.78, 5) is 272. The van der Waals surface area contributed by atoms with E-state index in [4.69, 9.17) is 76.4 Å². The van der Waals surface area contributed by atoms with E-state index in [1.807, 2.05) is 0 Å². The van der Waals surface area contributed by atoms with Crippen molar-refractivity contribution in [2.45, 2.75) is 354 Å². The van der Waals surface area contributed by atoms with Gasteiger partial charge in [0.1, 0.15) is 170 Å². The van der Waals surface area contributed by atoms with Crippen molar-refractivity contribution in [1.29, 1.82) is 0 Å². The smallest absolute Gasteiger partial charge is 0.325 e. The number of carbonyl (C=O) groups excluding carboxylic acids is 18. The number of hydrogen-bond donors (Lipinski definition) is 31. The third-order valence-electron chi connectivity index (χ3n) is 22.9. The van der Waals surface area contributed by atoms with Gasteiger partial charge in [-0.1, -0.05) is 0 Å². The quantitative estimate of drug-likeness (QED) is 0.0251. The van der Waals surface area contributed by atoms with E-state index in [0.29, 0.717) is 0 Å². The van der Waals surface area contributed by atoms with Gasteiger partial charge in [0, 0.05) is 53.6 Å². The number of carbonyl (C=O) groups is 21. The summed E-state index contributed by atoms with van der Waals surface area (Å²) in [5.74, 6) is -22.1. The van der Waals surface area contributed by atoms with Crippen LogP contribution >= 0.6 is 0 Å². The van der Waals surface area contributed by atoms with Crippen LogP contribution in [0.1, 0.15) is 153 Å². The minimum absolute atomic E-state index is 0.0198. The molecular formula is C83H138N20O41. The SMILES string of the molecule is CC(=O)NC1C(OC2C(CO)OC(OC3C(CO)OC(OC4C(CO)OC(O)C(NC(C)=O)C4OC(C)C(=O)NC(C)C(=O)NC(CCC(=O)NC(CCCCNC(=O)CC(N)C(=O)O)C(=O)NC(C)C(=O)O)C(N)=O)C(NC(C)=O)C3O)C(NC(C)=O)C2OC(C)C(=O)NC(C)C(=O)NC(CCC(=O)NC(CCCCNC(=O)CC(N)C(N)=O)C(=O)NC(C)C(=O)NC(C)C(=O)O)C(N)=O)OC(CO)C(O)C1O. The fraction of sp³-hybridized carbons (Fsp3) is 0.747. The summed E-state index contributed by atoms with van der Waals surface area (Å²) in [5.41, 5.74) is 27.4. The summed E-state index contributed by atoms with van der Waals surface area (Å²) in [6.45, 7) is 6.98. The van der Waals surface area contributed by atoms with E-state index in [0.717, 1.165) is 69.2 Å². The highest BCUT2D eigenvalue weighted by Gasteiger charge is 2.58. The Hall–Kier alpha value is -11.9. The largest absolute Gasteiger partial charge is 0.480 e. The van der Waals surface area contributed by atoms with E-state index >= 15 is 0 Å². The van der Waals surface area contributed by atoms with Crippen LogP contribution in [0.5, 0.6) is 0 Å². The highest BCUT2D eigenvalue weighted by atomic mass is 16.8. The van der Waals surface area contributed by atoms with Gasteiger partial charge >= 0.3 is 17.9 Å². The first-order valence-corrected chi connectivity index (χ1v) is 45.9. The molecule has 18 amide bonds. The molecule has 4 saturated heterocycles. The summed E-state index contributed by atoms with van der Waals surface area (Å²) < 4.78 is 55.9. The molecule has 144 heavy (non-hydrogen) atoms. The first-order valence-electron chi connectivity index (χ1n) is 45.9. The zero-order chi connectivity index (χ0) is 109. The summed E-state index contributed by atoms with van der Waals surface area (Å²) in [7, 11) is 0. The van der Waals surface area contributed by atoms with Crippen LogP contribution in [0.4, 0.5) is 0 Å². The molecule has 0 aromatic rings. The molecule has 33 unspecified atom stereocenters. The van der Waals surface area contributed by atoms with Crippen LogP contribution in [-0.4, -0.2) is 421 Å². The molecule has 0 bridgehead atoms. The van der Waals surface area contributed by atoms with Crippen molar-refractivity contribution in [1.82, 2.24) is 79.8 Å². The van der Waals surface area contributed by atoms with Gasteiger partial charge in [-0.05, 0) is 99.8 Å². The lowest BCUT2D eigenvalue weighted by atomic mass is 9.92. The van der Waals surface area contributed by atoms with Crippen LogP contribution in [0, 0.1) is 0 Å².